The zero-order valence-electron chi connectivity index (χ0n) is 31.0. The molecule has 0 spiro atoms. The maximum Gasteiger partial charge on any atom is 0.143 e. The van der Waals surface area contributed by atoms with Crippen molar-refractivity contribution in [2.75, 3.05) is 4.90 Å². The first-order valence-electron chi connectivity index (χ1n) is 19.3. The number of nitrogens with zero attached hydrogens (tertiary/aromatic N) is 1. The molecule has 0 atom stereocenters. The highest BCUT2D eigenvalue weighted by molar-refractivity contribution is 7.25. The average molecular weight is 746 g/mol. The van der Waals surface area contributed by atoms with Crippen molar-refractivity contribution < 1.29 is 4.42 Å². The highest BCUT2D eigenvalue weighted by atomic mass is 32.1. The SMILES string of the molecule is c1ccc(-c2cc(-c3cccc4c3oc3ccccc34)cc(N(c3ccc(-c4ccccc4-c4ccccc4)cc3)c3ccc4c(c3)sc3ccccc34)c2)cc1. The van der Waals surface area contributed by atoms with E-state index in [4.69, 9.17) is 4.42 Å². The minimum absolute atomic E-state index is 0.895. The van der Waals surface area contributed by atoms with Gasteiger partial charge in [-0.15, -0.1) is 11.3 Å². The molecule has 0 aliphatic carbocycles. The molecule has 0 saturated carbocycles. The highest BCUT2D eigenvalue weighted by Gasteiger charge is 2.20. The van der Waals surface area contributed by atoms with Crippen LogP contribution in [-0.4, -0.2) is 0 Å². The van der Waals surface area contributed by atoms with Crippen molar-refractivity contribution in [3.63, 3.8) is 0 Å². The van der Waals surface area contributed by atoms with E-state index in [1.165, 1.54) is 42.4 Å². The van der Waals surface area contributed by atoms with Gasteiger partial charge in [0.2, 0.25) is 0 Å². The molecule has 11 rings (SSSR count). The fraction of sp³-hybridized carbons (Fsp3) is 0. The van der Waals surface area contributed by atoms with Crippen molar-refractivity contribution in [1.82, 2.24) is 0 Å². The molecule has 0 aliphatic rings. The van der Waals surface area contributed by atoms with Gasteiger partial charge in [0.1, 0.15) is 11.2 Å². The molecule has 0 bridgehead atoms. The van der Waals surface area contributed by atoms with E-state index in [9.17, 15) is 0 Å². The topological polar surface area (TPSA) is 16.4 Å². The van der Waals surface area contributed by atoms with E-state index in [2.05, 4.69) is 211 Å². The summed E-state index contributed by atoms with van der Waals surface area (Å²) in [5.74, 6) is 0. The summed E-state index contributed by atoms with van der Waals surface area (Å²) < 4.78 is 9.17. The lowest BCUT2D eigenvalue weighted by atomic mass is 9.94. The fourth-order valence-corrected chi connectivity index (χ4v) is 9.50. The minimum atomic E-state index is 0.895. The molecule has 2 aromatic heterocycles. The number of anilines is 3. The van der Waals surface area contributed by atoms with E-state index in [0.29, 0.717) is 0 Å². The molecule has 268 valence electrons. The minimum Gasteiger partial charge on any atom is -0.455 e. The Morgan fingerprint density at radius 2 is 0.895 bits per heavy atom. The molecule has 11 aromatic rings. The summed E-state index contributed by atoms with van der Waals surface area (Å²) in [5.41, 5.74) is 14.3. The van der Waals surface area contributed by atoms with Crippen LogP contribution in [0.5, 0.6) is 0 Å². The summed E-state index contributed by atoms with van der Waals surface area (Å²) in [5, 5.41) is 4.82. The summed E-state index contributed by atoms with van der Waals surface area (Å²) in [6, 6.07) is 76.4. The monoisotopic (exact) mass is 745 g/mol. The van der Waals surface area contributed by atoms with Gasteiger partial charge >= 0.3 is 0 Å². The molecule has 0 N–H and O–H groups in total. The smallest absolute Gasteiger partial charge is 0.143 e. The van der Waals surface area contributed by atoms with Gasteiger partial charge < -0.3 is 9.32 Å². The Labute approximate surface area is 335 Å². The van der Waals surface area contributed by atoms with Crippen LogP contribution < -0.4 is 4.90 Å². The third-order valence-electron chi connectivity index (χ3n) is 11.1. The van der Waals surface area contributed by atoms with Crippen molar-refractivity contribution in [3.8, 4) is 44.5 Å². The number of furan rings is 1. The van der Waals surface area contributed by atoms with E-state index in [1.54, 1.807) is 0 Å². The van der Waals surface area contributed by atoms with E-state index in [0.717, 1.165) is 61.3 Å². The number of thiophene rings is 1. The molecule has 9 aromatic carbocycles. The van der Waals surface area contributed by atoms with Gasteiger partial charge in [-0.3, -0.25) is 0 Å². The van der Waals surface area contributed by atoms with E-state index in [-0.39, 0.29) is 0 Å². The number of rotatable bonds is 7. The first-order chi connectivity index (χ1) is 28.2. The van der Waals surface area contributed by atoms with Crippen LogP contribution in [0.3, 0.4) is 0 Å². The molecular formula is C54H35NOS. The zero-order chi connectivity index (χ0) is 37.7. The summed E-state index contributed by atoms with van der Waals surface area (Å²) >= 11 is 1.85. The maximum absolute atomic E-state index is 6.61. The first-order valence-corrected chi connectivity index (χ1v) is 20.1. The number of hydrogen-bond donors (Lipinski definition) is 0. The molecule has 2 heterocycles. The summed E-state index contributed by atoms with van der Waals surface area (Å²) in [6.07, 6.45) is 0. The Bertz CT molecular complexity index is 3230. The van der Waals surface area contributed by atoms with E-state index >= 15 is 0 Å². The number of benzene rings is 9. The van der Waals surface area contributed by atoms with E-state index < -0.39 is 0 Å². The Kier molecular flexibility index (Phi) is 8.04. The molecule has 0 amide bonds. The van der Waals surface area contributed by atoms with Crippen LogP contribution in [0.25, 0.3) is 86.6 Å². The largest absolute Gasteiger partial charge is 0.455 e. The molecule has 57 heavy (non-hydrogen) atoms. The lowest BCUT2D eigenvalue weighted by Crippen LogP contribution is -2.10. The molecule has 0 radical (unpaired) electrons. The van der Waals surface area contributed by atoms with Crippen molar-refractivity contribution in [3.05, 3.63) is 212 Å². The summed E-state index contributed by atoms with van der Waals surface area (Å²) in [7, 11) is 0. The number of fused-ring (bicyclic) bond motifs is 6. The Balaban J connectivity index is 1.12. The van der Waals surface area contributed by atoms with Gasteiger partial charge in [0.05, 0.1) is 0 Å². The molecule has 0 unspecified atom stereocenters. The van der Waals surface area contributed by atoms with Crippen LogP contribution >= 0.6 is 11.3 Å². The average Bonchev–Trinajstić information content (AvgIpc) is 3.86. The van der Waals surface area contributed by atoms with Gasteiger partial charge in [-0.05, 0) is 93.5 Å². The van der Waals surface area contributed by atoms with Gasteiger partial charge in [0, 0.05) is 53.6 Å². The second kappa shape index (κ2) is 13.8. The van der Waals surface area contributed by atoms with E-state index in [1.807, 2.05) is 17.4 Å². The molecular weight excluding hydrogens is 711 g/mol. The van der Waals surface area contributed by atoms with Gasteiger partial charge in [-0.25, -0.2) is 0 Å². The van der Waals surface area contributed by atoms with Crippen molar-refractivity contribution in [1.29, 1.82) is 0 Å². The van der Waals surface area contributed by atoms with Crippen LogP contribution in [0.1, 0.15) is 0 Å². The molecule has 0 saturated heterocycles. The predicted molar refractivity (Wildman–Crippen MR) is 243 cm³/mol. The van der Waals surface area contributed by atoms with Gasteiger partial charge in [0.25, 0.3) is 0 Å². The maximum atomic E-state index is 6.61. The number of hydrogen-bond acceptors (Lipinski definition) is 3. The molecule has 2 nitrogen and oxygen atoms in total. The second-order valence-corrected chi connectivity index (χ2v) is 15.6. The number of para-hydroxylation sites is 2. The summed E-state index contributed by atoms with van der Waals surface area (Å²) in [4.78, 5) is 2.41. The van der Waals surface area contributed by atoms with Crippen LogP contribution in [0, 0.1) is 0 Å². The van der Waals surface area contributed by atoms with Crippen LogP contribution in [0.4, 0.5) is 17.1 Å². The van der Waals surface area contributed by atoms with Gasteiger partial charge in [-0.1, -0.05) is 158 Å². The van der Waals surface area contributed by atoms with Crippen LogP contribution in [0.15, 0.2) is 217 Å². The highest BCUT2D eigenvalue weighted by Crippen LogP contribution is 2.45. The predicted octanol–water partition coefficient (Wildman–Crippen LogP) is 16.1. The Morgan fingerprint density at radius 3 is 1.68 bits per heavy atom. The van der Waals surface area contributed by atoms with Crippen LogP contribution in [0.2, 0.25) is 0 Å². The van der Waals surface area contributed by atoms with Crippen molar-refractivity contribution in [2.24, 2.45) is 0 Å². The fourth-order valence-electron chi connectivity index (χ4n) is 8.36. The quantitative estimate of drug-likeness (QED) is 0.162. The van der Waals surface area contributed by atoms with Gasteiger partial charge in [0.15, 0.2) is 0 Å². The zero-order valence-corrected chi connectivity index (χ0v) is 31.8. The second-order valence-electron chi connectivity index (χ2n) is 14.5. The third-order valence-corrected chi connectivity index (χ3v) is 12.2. The van der Waals surface area contributed by atoms with Gasteiger partial charge in [-0.2, -0.15) is 0 Å². The summed E-state index contributed by atoms with van der Waals surface area (Å²) in [6.45, 7) is 0. The standard InChI is InChI=1S/C54H35NOS/c1-3-14-36(15-4-1)39-32-40(46-22-13-23-50-47-20-9-11-24-51(47)56-54(46)50)34-43(33-39)55(42-30-31-49-48-21-10-12-25-52(48)57-53(49)35-42)41-28-26-38(27-29-41)45-19-8-7-18-44(45)37-16-5-2-6-17-37/h1-35H. The lowest BCUT2D eigenvalue weighted by Gasteiger charge is -2.27. The first kappa shape index (κ1) is 33.2. The Hall–Kier alpha value is -7.20. The van der Waals surface area contributed by atoms with Crippen LogP contribution in [-0.2, 0) is 0 Å². The lowest BCUT2D eigenvalue weighted by molar-refractivity contribution is 0.670. The van der Waals surface area contributed by atoms with Crippen molar-refractivity contribution >= 4 is 70.5 Å². The normalized spacial score (nSPS) is 11.5. The molecule has 0 fully saturated rings. The molecule has 0 aliphatic heterocycles. The van der Waals surface area contributed by atoms with Crippen molar-refractivity contribution in [2.45, 2.75) is 0 Å². The molecule has 3 heteroatoms. The Morgan fingerprint density at radius 1 is 0.316 bits per heavy atom. The third kappa shape index (κ3) is 5.88.